The first kappa shape index (κ1) is 13.6. The lowest BCUT2D eigenvalue weighted by molar-refractivity contribution is 0.490. The minimum atomic E-state index is -0.0321. The first-order valence-corrected chi connectivity index (χ1v) is 6.16. The van der Waals surface area contributed by atoms with E-state index in [1.807, 2.05) is 0 Å². The third-order valence-electron chi connectivity index (χ3n) is 2.35. The van der Waals surface area contributed by atoms with Crippen molar-refractivity contribution in [3.63, 3.8) is 0 Å². The van der Waals surface area contributed by atoms with Crippen molar-refractivity contribution in [3.05, 3.63) is 0 Å². The van der Waals surface area contributed by atoms with E-state index < -0.39 is 0 Å². The van der Waals surface area contributed by atoms with Crippen LogP contribution < -0.4 is 0 Å². The van der Waals surface area contributed by atoms with Crippen LogP contribution in [0.4, 0.5) is 0 Å². The van der Waals surface area contributed by atoms with Crippen LogP contribution >= 0.6 is 23.2 Å². The van der Waals surface area contributed by atoms with Gasteiger partial charge < -0.3 is 0 Å². The van der Waals surface area contributed by atoms with Crippen molar-refractivity contribution < 1.29 is 0 Å². The third kappa shape index (κ3) is 7.64. The van der Waals surface area contributed by atoms with Gasteiger partial charge in [-0.1, -0.05) is 26.7 Å². The van der Waals surface area contributed by atoms with Gasteiger partial charge in [-0.25, -0.2) is 0 Å². The maximum Gasteiger partial charge on any atom is 0.0419 e. The average Bonchev–Trinajstić information content (AvgIpc) is 2.02. The quantitative estimate of drug-likeness (QED) is 0.536. The number of hydrogen-bond acceptors (Lipinski definition) is 0. The normalized spacial score (nSPS) is 18.2. The lowest BCUT2D eigenvalue weighted by atomic mass is 9.97. The van der Waals surface area contributed by atoms with Gasteiger partial charge in [0.05, 0.1) is 0 Å². The van der Waals surface area contributed by atoms with Gasteiger partial charge in [-0.2, -0.15) is 0 Å². The number of rotatable bonds is 7. The van der Waals surface area contributed by atoms with Crippen LogP contribution in [0.25, 0.3) is 0 Å². The highest BCUT2D eigenvalue weighted by Crippen LogP contribution is 2.28. The Hall–Kier alpha value is 0.580. The van der Waals surface area contributed by atoms with Crippen LogP contribution in [0, 0.1) is 0 Å². The van der Waals surface area contributed by atoms with E-state index in [-0.39, 0.29) is 4.87 Å². The monoisotopic (exact) mass is 224 g/mol. The molecule has 0 N–H and O–H groups in total. The van der Waals surface area contributed by atoms with Crippen molar-refractivity contribution in [2.75, 3.05) is 0 Å². The van der Waals surface area contributed by atoms with Crippen LogP contribution in [0.15, 0.2) is 0 Å². The summed E-state index contributed by atoms with van der Waals surface area (Å²) in [6, 6.07) is 0. The molecule has 2 heteroatoms. The summed E-state index contributed by atoms with van der Waals surface area (Å²) in [5.41, 5.74) is 0. The van der Waals surface area contributed by atoms with Gasteiger partial charge in [-0.05, 0) is 32.6 Å². The molecule has 0 fully saturated rings. The van der Waals surface area contributed by atoms with Gasteiger partial charge in [0.25, 0.3) is 0 Å². The number of halogens is 2. The predicted octanol–water partition coefficient (Wildman–Crippen LogP) is 4.97. The molecule has 0 bridgehead atoms. The maximum atomic E-state index is 6.32. The van der Waals surface area contributed by atoms with E-state index in [0.29, 0.717) is 5.38 Å². The van der Waals surface area contributed by atoms with Crippen LogP contribution in [-0.4, -0.2) is 10.3 Å². The Labute approximate surface area is 93.0 Å². The summed E-state index contributed by atoms with van der Waals surface area (Å²) in [5, 5.41) is 0.319. The molecule has 2 unspecified atom stereocenters. The highest BCUT2D eigenvalue weighted by atomic mass is 35.5. The molecule has 0 aliphatic carbocycles. The van der Waals surface area contributed by atoms with E-state index in [1.165, 1.54) is 6.42 Å². The predicted molar refractivity (Wildman–Crippen MR) is 62.9 cm³/mol. The first-order chi connectivity index (χ1) is 6.02. The molecule has 13 heavy (non-hydrogen) atoms. The number of hydrogen-bond donors (Lipinski definition) is 0. The van der Waals surface area contributed by atoms with Gasteiger partial charge in [0.1, 0.15) is 0 Å². The zero-order chi connectivity index (χ0) is 10.3. The molecule has 0 rings (SSSR count). The van der Waals surface area contributed by atoms with Gasteiger partial charge in [0, 0.05) is 10.3 Å². The summed E-state index contributed by atoms with van der Waals surface area (Å²) in [5.74, 6) is 0. The molecule has 0 heterocycles. The second-order valence-corrected chi connectivity index (χ2v) is 5.62. The fourth-order valence-corrected chi connectivity index (χ4v) is 2.19. The van der Waals surface area contributed by atoms with E-state index in [4.69, 9.17) is 23.2 Å². The van der Waals surface area contributed by atoms with Crippen LogP contribution in [-0.2, 0) is 0 Å². The number of alkyl halides is 2. The smallest absolute Gasteiger partial charge is 0.0419 e. The fraction of sp³-hybridized carbons (Fsp3) is 1.00. The Kier molecular flexibility index (Phi) is 7.26. The van der Waals surface area contributed by atoms with Gasteiger partial charge in [-0.15, -0.1) is 23.2 Å². The molecule has 0 aromatic carbocycles. The highest BCUT2D eigenvalue weighted by molar-refractivity contribution is 6.23. The van der Waals surface area contributed by atoms with E-state index in [9.17, 15) is 0 Å². The second-order valence-electron chi connectivity index (χ2n) is 4.09. The summed E-state index contributed by atoms with van der Waals surface area (Å²) in [7, 11) is 0. The Bertz CT molecular complexity index is 121. The Balaban J connectivity index is 3.60. The zero-order valence-electron chi connectivity index (χ0n) is 9.08. The van der Waals surface area contributed by atoms with Gasteiger partial charge in [0.2, 0.25) is 0 Å². The Morgan fingerprint density at radius 1 is 1.08 bits per heavy atom. The molecule has 2 atom stereocenters. The molecule has 0 saturated carbocycles. The minimum absolute atomic E-state index is 0.0321. The Morgan fingerprint density at radius 2 is 1.69 bits per heavy atom. The molecule has 0 aromatic heterocycles. The van der Waals surface area contributed by atoms with E-state index in [0.717, 1.165) is 32.1 Å². The molecule has 0 radical (unpaired) electrons. The lowest BCUT2D eigenvalue weighted by Crippen LogP contribution is -2.17. The second kappa shape index (κ2) is 6.95. The molecule has 0 nitrogen and oxygen atoms in total. The molecule has 0 saturated heterocycles. The molecule has 0 aromatic rings. The Morgan fingerprint density at radius 3 is 2.15 bits per heavy atom. The molecule has 80 valence electrons. The van der Waals surface area contributed by atoms with Crippen molar-refractivity contribution in [1.82, 2.24) is 0 Å². The third-order valence-corrected chi connectivity index (χ3v) is 3.17. The summed E-state index contributed by atoms with van der Waals surface area (Å²) in [4.78, 5) is -0.0321. The molecule has 0 spiro atoms. The molecule has 0 aliphatic rings. The zero-order valence-corrected chi connectivity index (χ0v) is 10.6. The fourth-order valence-electron chi connectivity index (χ4n) is 1.56. The van der Waals surface area contributed by atoms with Crippen molar-refractivity contribution in [2.24, 2.45) is 0 Å². The van der Waals surface area contributed by atoms with Crippen molar-refractivity contribution >= 4 is 23.2 Å². The summed E-state index contributed by atoms with van der Waals surface area (Å²) in [6.45, 7) is 6.46. The highest BCUT2D eigenvalue weighted by Gasteiger charge is 2.20. The summed E-state index contributed by atoms with van der Waals surface area (Å²) in [6.07, 6.45) is 6.61. The molecular formula is C11H22Cl2. The largest absolute Gasteiger partial charge is 0.123 e. The minimum Gasteiger partial charge on any atom is -0.123 e. The van der Waals surface area contributed by atoms with Gasteiger partial charge in [0.15, 0.2) is 0 Å². The topological polar surface area (TPSA) is 0 Å². The van der Waals surface area contributed by atoms with Gasteiger partial charge >= 0.3 is 0 Å². The molecule has 0 aliphatic heterocycles. The molecule has 0 amide bonds. The standard InChI is InChI=1S/C11H22Cl2/c1-4-6-10(12)7-9-11(3,13)8-5-2/h10H,4-9H2,1-3H3. The van der Waals surface area contributed by atoms with Crippen molar-refractivity contribution in [3.8, 4) is 0 Å². The molecular weight excluding hydrogens is 203 g/mol. The average molecular weight is 225 g/mol. The summed E-state index contributed by atoms with van der Waals surface area (Å²) < 4.78 is 0. The van der Waals surface area contributed by atoms with E-state index in [1.54, 1.807) is 0 Å². The van der Waals surface area contributed by atoms with Crippen LogP contribution in [0.1, 0.15) is 59.3 Å². The lowest BCUT2D eigenvalue weighted by Gasteiger charge is -2.22. The van der Waals surface area contributed by atoms with Crippen molar-refractivity contribution in [1.29, 1.82) is 0 Å². The first-order valence-electron chi connectivity index (χ1n) is 5.35. The van der Waals surface area contributed by atoms with Crippen LogP contribution in [0.5, 0.6) is 0 Å². The summed E-state index contributed by atoms with van der Waals surface area (Å²) >= 11 is 12.5. The van der Waals surface area contributed by atoms with Crippen LogP contribution in [0.3, 0.4) is 0 Å². The SMILES string of the molecule is CCCC(Cl)CCC(C)(Cl)CCC. The maximum absolute atomic E-state index is 6.32. The van der Waals surface area contributed by atoms with E-state index >= 15 is 0 Å². The van der Waals surface area contributed by atoms with Crippen molar-refractivity contribution in [2.45, 2.75) is 69.5 Å². The van der Waals surface area contributed by atoms with Gasteiger partial charge in [-0.3, -0.25) is 0 Å². The van der Waals surface area contributed by atoms with Crippen LogP contribution in [0.2, 0.25) is 0 Å². The van der Waals surface area contributed by atoms with E-state index in [2.05, 4.69) is 20.8 Å².